The van der Waals surface area contributed by atoms with Gasteiger partial charge in [0.05, 0.1) is 11.3 Å². The van der Waals surface area contributed by atoms with Crippen molar-refractivity contribution in [3.63, 3.8) is 0 Å². The lowest BCUT2D eigenvalue weighted by molar-refractivity contribution is -0.167. The van der Waals surface area contributed by atoms with Crippen molar-refractivity contribution in [3.05, 3.63) is 65.5 Å². The number of benzene rings is 2. The summed E-state index contributed by atoms with van der Waals surface area (Å²) in [6.07, 6.45) is -5.14. The number of hydrogen-bond donors (Lipinski definition) is 1. The Bertz CT molecular complexity index is 745. The van der Waals surface area contributed by atoms with Crippen LogP contribution in [0.1, 0.15) is 15.9 Å². The molecule has 4 nitrogen and oxygen atoms in total. The smallest absolute Gasteiger partial charge is 0.457 e. The quantitative estimate of drug-likeness (QED) is 0.682. The van der Waals surface area contributed by atoms with Crippen LogP contribution in [-0.4, -0.2) is 18.1 Å². The van der Waals surface area contributed by atoms with Gasteiger partial charge in [-0.2, -0.15) is 13.2 Å². The molecule has 2 aromatic carbocycles. The number of anilines is 1. The molecule has 0 aliphatic rings. The number of carbonyl (C=O) groups excluding carboxylic acids is 2. The molecule has 0 saturated carbocycles. The second-order valence-electron chi connectivity index (χ2n) is 4.71. The Morgan fingerprint density at radius 2 is 1.71 bits per heavy atom. The van der Waals surface area contributed by atoms with E-state index in [9.17, 15) is 27.2 Å². The van der Waals surface area contributed by atoms with Crippen molar-refractivity contribution < 1.29 is 31.9 Å². The highest BCUT2D eigenvalue weighted by molar-refractivity contribution is 5.96. The molecular formula is C16H11F4NO3. The van der Waals surface area contributed by atoms with Crippen LogP contribution in [-0.2, 0) is 16.1 Å². The SMILES string of the molecule is O=C(OCc1ccccc1)c1ccc(NC(=O)C(F)(F)F)c(F)c1. The lowest BCUT2D eigenvalue weighted by Gasteiger charge is -2.10. The fourth-order valence-electron chi connectivity index (χ4n) is 1.74. The standard InChI is InChI=1S/C16H11F4NO3/c17-12-8-11(6-7-13(12)21-15(23)16(18,19)20)14(22)24-9-10-4-2-1-3-5-10/h1-8H,9H2,(H,21,23). The van der Waals surface area contributed by atoms with E-state index in [2.05, 4.69) is 0 Å². The normalized spacial score (nSPS) is 11.0. The highest BCUT2D eigenvalue weighted by Crippen LogP contribution is 2.21. The van der Waals surface area contributed by atoms with E-state index in [0.29, 0.717) is 6.07 Å². The average molecular weight is 341 g/mol. The van der Waals surface area contributed by atoms with Crippen LogP contribution in [0.15, 0.2) is 48.5 Å². The van der Waals surface area contributed by atoms with Crippen LogP contribution < -0.4 is 5.32 Å². The second kappa shape index (κ2) is 7.12. The minimum absolute atomic E-state index is 0.0339. The van der Waals surface area contributed by atoms with Gasteiger partial charge in [0, 0.05) is 0 Å². The number of esters is 1. The van der Waals surface area contributed by atoms with Gasteiger partial charge in [-0.15, -0.1) is 0 Å². The number of carbonyl (C=O) groups is 2. The molecule has 0 radical (unpaired) electrons. The Morgan fingerprint density at radius 3 is 2.29 bits per heavy atom. The highest BCUT2D eigenvalue weighted by atomic mass is 19.4. The summed E-state index contributed by atoms with van der Waals surface area (Å²) in [5.74, 6) is -4.32. The third-order valence-corrected chi connectivity index (χ3v) is 2.92. The van der Waals surface area contributed by atoms with E-state index in [0.717, 1.165) is 17.7 Å². The monoisotopic (exact) mass is 341 g/mol. The van der Waals surface area contributed by atoms with Crippen molar-refractivity contribution in [1.29, 1.82) is 0 Å². The molecule has 0 atom stereocenters. The van der Waals surface area contributed by atoms with Gasteiger partial charge < -0.3 is 10.1 Å². The number of hydrogen-bond acceptors (Lipinski definition) is 3. The lowest BCUT2D eigenvalue weighted by atomic mass is 10.2. The lowest BCUT2D eigenvalue weighted by Crippen LogP contribution is -2.30. The van der Waals surface area contributed by atoms with Crippen LogP contribution in [0.25, 0.3) is 0 Å². The van der Waals surface area contributed by atoms with E-state index in [1.807, 2.05) is 0 Å². The molecule has 1 amide bonds. The third kappa shape index (κ3) is 4.55. The van der Waals surface area contributed by atoms with Gasteiger partial charge >= 0.3 is 18.1 Å². The fraction of sp³-hybridized carbons (Fsp3) is 0.125. The Balaban J connectivity index is 2.03. The predicted octanol–water partition coefficient (Wildman–Crippen LogP) is 3.68. The molecule has 0 spiro atoms. The maximum Gasteiger partial charge on any atom is 0.471 e. The molecule has 0 aliphatic heterocycles. The van der Waals surface area contributed by atoms with Crippen molar-refractivity contribution >= 4 is 17.6 Å². The predicted molar refractivity (Wildman–Crippen MR) is 76.6 cm³/mol. The third-order valence-electron chi connectivity index (χ3n) is 2.92. The Labute approximate surface area is 134 Å². The molecule has 2 aromatic rings. The number of amides is 1. The number of ether oxygens (including phenoxy) is 1. The number of rotatable bonds is 4. The van der Waals surface area contributed by atoms with Crippen molar-refractivity contribution in [2.24, 2.45) is 0 Å². The molecule has 0 saturated heterocycles. The van der Waals surface area contributed by atoms with Gasteiger partial charge in [-0.3, -0.25) is 4.79 Å². The van der Waals surface area contributed by atoms with Gasteiger partial charge in [0.15, 0.2) is 0 Å². The summed E-state index contributed by atoms with van der Waals surface area (Å²) in [6.45, 7) is -0.0339. The first-order valence-electron chi connectivity index (χ1n) is 6.66. The zero-order valence-electron chi connectivity index (χ0n) is 12.1. The largest absolute Gasteiger partial charge is 0.471 e. The number of halogens is 4. The highest BCUT2D eigenvalue weighted by Gasteiger charge is 2.39. The molecule has 2 rings (SSSR count). The first-order valence-corrected chi connectivity index (χ1v) is 6.66. The van der Waals surface area contributed by atoms with Crippen molar-refractivity contribution in [3.8, 4) is 0 Å². The Kier molecular flexibility index (Phi) is 5.18. The second-order valence-corrected chi connectivity index (χ2v) is 4.71. The van der Waals surface area contributed by atoms with Gasteiger partial charge in [0.1, 0.15) is 12.4 Å². The van der Waals surface area contributed by atoms with E-state index >= 15 is 0 Å². The van der Waals surface area contributed by atoms with Crippen LogP contribution in [0, 0.1) is 5.82 Å². The Morgan fingerprint density at radius 1 is 1.04 bits per heavy atom. The average Bonchev–Trinajstić information content (AvgIpc) is 2.54. The zero-order chi connectivity index (χ0) is 17.7. The summed E-state index contributed by atoms with van der Waals surface area (Å²) in [6, 6.07) is 11.4. The summed E-state index contributed by atoms with van der Waals surface area (Å²) in [7, 11) is 0. The summed E-state index contributed by atoms with van der Waals surface area (Å²) in [4.78, 5) is 22.6. The van der Waals surface area contributed by atoms with Gasteiger partial charge in [-0.05, 0) is 23.8 Å². The first-order chi connectivity index (χ1) is 11.3. The summed E-state index contributed by atoms with van der Waals surface area (Å²) < 4.78 is 55.1. The van der Waals surface area contributed by atoms with Crippen LogP contribution in [0.2, 0.25) is 0 Å². The molecule has 8 heteroatoms. The number of nitrogens with one attached hydrogen (secondary N) is 1. The molecule has 0 aromatic heterocycles. The van der Waals surface area contributed by atoms with Gasteiger partial charge in [-0.1, -0.05) is 30.3 Å². The summed E-state index contributed by atoms with van der Waals surface area (Å²) >= 11 is 0. The minimum Gasteiger partial charge on any atom is -0.457 e. The maximum absolute atomic E-state index is 13.7. The topological polar surface area (TPSA) is 55.4 Å². The van der Waals surface area contributed by atoms with Crippen LogP contribution in [0.4, 0.5) is 23.2 Å². The fourth-order valence-corrected chi connectivity index (χ4v) is 1.74. The van der Waals surface area contributed by atoms with Crippen LogP contribution in [0.5, 0.6) is 0 Å². The van der Waals surface area contributed by atoms with Crippen LogP contribution in [0.3, 0.4) is 0 Å². The minimum atomic E-state index is -5.14. The zero-order valence-corrected chi connectivity index (χ0v) is 12.1. The number of alkyl halides is 3. The molecule has 24 heavy (non-hydrogen) atoms. The molecule has 1 N–H and O–H groups in total. The molecular weight excluding hydrogens is 330 g/mol. The molecule has 126 valence electrons. The summed E-state index contributed by atoms with van der Waals surface area (Å²) in [5, 5.41) is 1.38. The van der Waals surface area contributed by atoms with Crippen molar-refractivity contribution in [2.45, 2.75) is 12.8 Å². The van der Waals surface area contributed by atoms with E-state index in [-0.39, 0.29) is 12.2 Å². The molecule has 0 heterocycles. The van der Waals surface area contributed by atoms with E-state index in [1.54, 1.807) is 30.3 Å². The van der Waals surface area contributed by atoms with Crippen LogP contribution >= 0.6 is 0 Å². The molecule has 0 bridgehead atoms. The molecule has 0 aliphatic carbocycles. The van der Waals surface area contributed by atoms with Gasteiger partial charge in [-0.25, -0.2) is 9.18 Å². The van der Waals surface area contributed by atoms with Gasteiger partial charge in [0.2, 0.25) is 0 Å². The summed E-state index contributed by atoms with van der Waals surface area (Å²) in [5.41, 5.74) is -0.147. The first kappa shape index (κ1) is 17.5. The van der Waals surface area contributed by atoms with E-state index in [1.165, 1.54) is 5.32 Å². The van der Waals surface area contributed by atoms with E-state index in [4.69, 9.17) is 4.74 Å². The van der Waals surface area contributed by atoms with Crippen molar-refractivity contribution in [2.75, 3.05) is 5.32 Å². The maximum atomic E-state index is 13.7. The van der Waals surface area contributed by atoms with Crippen molar-refractivity contribution in [1.82, 2.24) is 0 Å². The van der Waals surface area contributed by atoms with E-state index < -0.39 is 29.6 Å². The van der Waals surface area contributed by atoms with Gasteiger partial charge in [0.25, 0.3) is 0 Å². The molecule has 0 fully saturated rings. The molecule has 0 unspecified atom stereocenters. The Hall–Kier alpha value is -2.90.